The lowest BCUT2D eigenvalue weighted by atomic mass is 10.1. The first-order valence-corrected chi connectivity index (χ1v) is 7.29. The number of carbonyl (C=O) groups is 1. The number of para-hydroxylation sites is 1. The number of fused-ring (bicyclic) bond motifs is 1. The van der Waals surface area contributed by atoms with E-state index in [-0.39, 0.29) is 24.1 Å². The number of hydrogen-bond acceptors (Lipinski definition) is 4. The summed E-state index contributed by atoms with van der Waals surface area (Å²) in [5.41, 5.74) is 0.834. The molecular formula is C16H20N2O3. The van der Waals surface area contributed by atoms with Gasteiger partial charge in [0.05, 0.1) is 18.8 Å². The van der Waals surface area contributed by atoms with Crippen LogP contribution in [0, 0.1) is 0 Å². The molecule has 2 heterocycles. The average Bonchev–Trinajstić information content (AvgIpc) is 2.91. The molecule has 1 amide bonds. The highest BCUT2D eigenvalue weighted by Gasteiger charge is 2.29. The van der Waals surface area contributed by atoms with Gasteiger partial charge < -0.3 is 19.8 Å². The lowest BCUT2D eigenvalue weighted by molar-refractivity contribution is -0.129. The molecule has 0 radical (unpaired) electrons. The third kappa shape index (κ3) is 2.94. The molecule has 2 aromatic rings. The van der Waals surface area contributed by atoms with Gasteiger partial charge in [-0.1, -0.05) is 18.2 Å². The number of rotatable bonds is 3. The summed E-state index contributed by atoms with van der Waals surface area (Å²) in [6.45, 7) is 5.16. The van der Waals surface area contributed by atoms with Crippen LogP contribution in [0.25, 0.3) is 11.0 Å². The largest absolute Gasteiger partial charge is 0.459 e. The predicted octanol–water partition coefficient (Wildman–Crippen LogP) is 1.99. The number of furan rings is 1. The SMILES string of the molecule is CC(NC(=O)[C@H]1NCCO[C@@H]1C)c1cc2ccccc2o1. The highest BCUT2D eigenvalue weighted by Crippen LogP contribution is 2.23. The molecule has 1 fully saturated rings. The minimum atomic E-state index is -0.314. The van der Waals surface area contributed by atoms with E-state index in [1.807, 2.05) is 44.2 Å². The first-order chi connectivity index (χ1) is 10.1. The molecule has 1 aliphatic heterocycles. The summed E-state index contributed by atoms with van der Waals surface area (Å²) < 4.78 is 11.3. The van der Waals surface area contributed by atoms with Crippen LogP contribution < -0.4 is 10.6 Å². The van der Waals surface area contributed by atoms with Crippen LogP contribution in [0.4, 0.5) is 0 Å². The fourth-order valence-electron chi connectivity index (χ4n) is 2.62. The summed E-state index contributed by atoms with van der Waals surface area (Å²) in [7, 11) is 0. The monoisotopic (exact) mass is 288 g/mol. The van der Waals surface area contributed by atoms with E-state index >= 15 is 0 Å². The van der Waals surface area contributed by atoms with E-state index < -0.39 is 0 Å². The van der Waals surface area contributed by atoms with Crippen molar-refractivity contribution in [2.75, 3.05) is 13.2 Å². The Labute approximate surface area is 123 Å². The van der Waals surface area contributed by atoms with Gasteiger partial charge in [-0.3, -0.25) is 4.79 Å². The predicted molar refractivity (Wildman–Crippen MR) is 80.0 cm³/mol. The van der Waals surface area contributed by atoms with Gasteiger partial charge in [0.25, 0.3) is 0 Å². The van der Waals surface area contributed by atoms with Crippen LogP contribution >= 0.6 is 0 Å². The zero-order chi connectivity index (χ0) is 14.8. The van der Waals surface area contributed by atoms with E-state index in [1.165, 1.54) is 0 Å². The standard InChI is InChI=1S/C16H20N2O3/c1-10(14-9-12-5-3-4-6-13(12)21-14)18-16(19)15-11(2)20-8-7-17-15/h3-6,9-11,15,17H,7-8H2,1-2H3,(H,18,19)/t10?,11-,15+/m1/s1. The van der Waals surface area contributed by atoms with Gasteiger partial charge in [-0.2, -0.15) is 0 Å². The number of amides is 1. The second kappa shape index (κ2) is 5.87. The Balaban J connectivity index is 1.70. The maximum atomic E-state index is 12.3. The van der Waals surface area contributed by atoms with Crippen molar-refractivity contribution in [2.45, 2.75) is 32.0 Å². The molecule has 0 saturated carbocycles. The van der Waals surface area contributed by atoms with Crippen LogP contribution in [0.1, 0.15) is 25.6 Å². The van der Waals surface area contributed by atoms with Crippen LogP contribution in [0.15, 0.2) is 34.7 Å². The Hall–Kier alpha value is -1.85. The zero-order valence-electron chi connectivity index (χ0n) is 12.3. The summed E-state index contributed by atoms with van der Waals surface area (Å²) in [6.07, 6.45) is -0.123. The van der Waals surface area contributed by atoms with Gasteiger partial charge in [-0.05, 0) is 26.0 Å². The summed E-state index contributed by atoms with van der Waals surface area (Å²) in [5, 5.41) is 7.21. The van der Waals surface area contributed by atoms with Crippen molar-refractivity contribution in [3.63, 3.8) is 0 Å². The fraction of sp³-hybridized carbons (Fsp3) is 0.438. The van der Waals surface area contributed by atoms with Crippen LogP contribution in [-0.4, -0.2) is 31.2 Å². The number of ether oxygens (including phenoxy) is 1. The maximum absolute atomic E-state index is 12.3. The number of nitrogens with one attached hydrogen (secondary N) is 2. The summed E-state index contributed by atoms with van der Waals surface area (Å²) in [4.78, 5) is 12.3. The van der Waals surface area contributed by atoms with Crippen molar-refractivity contribution in [1.29, 1.82) is 0 Å². The smallest absolute Gasteiger partial charge is 0.240 e. The molecule has 3 rings (SSSR count). The van der Waals surface area contributed by atoms with Crippen LogP contribution in [-0.2, 0) is 9.53 Å². The second-order valence-electron chi connectivity index (χ2n) is 5.42. The molecule has 1 unspecified atom stereocenters. The summed E-state index contributed by atoms with van der Waals surface area (Å²) >= 11 is 0. The number of benzene rings is 1. The van der Waals surface area contributed by atoms with Gasteiger partial charge >= 0.3 is 0 Å². The summed E-state index contributed by atoms with van der Waals surface area (Å²) in [6, 6.07) is 9.29. The topological polar surface area (TPSA) is 63.5 Å². The minimum Gasteiger partial charge on any atom is -0.459 e. The Morgan fingerprint density at radius 3 is 3.00 bits per heavy atom. The average molecular weight is 288 g/mol. The van der Waals surface area contributed by atoms with Crippen LogP contribution in [0.2, 0.25) is 0 Å². The van der Waals surface area contributed by atoms with Crippen LogP contribution in [0.5, 0.6) is 0 Å². The van der Waals surface area contributed by atoms with E-state index in [1.54, 1.807) is 0 Å². The molecule has 5 heteroatoms. The highest BCUT2D eigenvalue weighted by atomic mass is 16.5. The number of hydrogen-bond donors (Lipinski definition) is 2. The molecule has 1 aromatic carbocycles. The molecular weight excluding hydrogens is 268 g/mol. The van der Waals surface area contributed by atoms with E-state index in [9.17, 15) is 4.79 Å². The van der Waals surface area contributed by atoms with Gasteiger partial charge in [0.1, 0.15) is 17.4 Å². The molecule has 112 valence electrons. The van der Waals surface area contributed by atoms with Crippen molar-refractivity contribution in [2.24, 2.45) is 0 Å². The normalized spacial score (nSPS) is 23.9. The maximum Gasteiger partial charge on any atom is 0.240 e. The van der Waals surface area contributed by atoms with Crippen molar-refractivity contribution in [1.82, 2.24) is 10.6 Å². The molecule has 0 bridgehead atoms. The molecule has 0 spiro atoms. The van der Waals surface area contributed by atoms with Crippen molar-refractivity contribution in [3.05, 3.63) is 36.1 Å². The molecule has 1 saturated heterocycles. The first-order valence-electron chi connectivity index (χ1n) is 7.29. The van der Waals surface area contributed by atoms with E-state index in [4.69, 9.17) is 9.15 Å². The van der Waals surface area contributed by atoms with Gasteiger partial charge in [0.15, 0.2) is 0 Å². The van der Waals surface area contributed by atoms with Gasteiger partial charge in [-0.15, -0.1) is 0 Å². The van der Waals surface area contributed by atoms with E-state index in [0.29, 0.717) is 13.2 Å². The number of morpholine rings is 1. The Morgan fingerprint density at radius 2 is 2.24 bits per heavy atom. The molecule has 2 N–H and O–H groups in total. The van der Waals surface area contributed by atoms with Gasteiger partial charge in [-0.25, -0.2) is 0 Å². The Morgan fingerprint density at radius 1 is 1.43 bits per heavy atom. The lowest BCUT2D eigenvalue weighted by Gasteiger charge is -2.30. The van der Waals surface area contributed by atoms with Gasteiger partial charge in [0, 0.05) is 11.9 Å². The third-order valence-corrected chi connectivity index (χ3v) is 3.83. The Kier molecular flexibility index (Phi) is 3.94. The van der Waals surface area contributed by atoms with Crippen molar-refractivity contribution >= 4 is 16.9 Å². The van der Waals surface area contributed by atoms with E-state index in [2.05, 4.69) is 10.6 Å². The highest BCUT2D eigenvalue weighted by molar-refractivity contribution is 5.83. The molecule has 3 atom stereocenters. The first kappa shape index (κ1) is 14.1. The molecule has 1 aliphatic rings. The zero-order valence-corrected chi connectivity index (χ0v) is 12.3. The second-order valence-corrected chi connectivity index (χ2v) is 5.42. The summed E-state index contributed by atoms with van der Waals surface area (Å²) in [5.74, 6) is 0.698. The molecule has 21 heavy (non-hydrogen) atoms. The lowest BCUT2D eigenvalue weighted by Crippen LogP contribution is -2.55. The van der Waals surface area contributed by atoms with Crippen molar-refractivity contribution < 1.29 is 13.9 Å². The number of carbonyl (C=O) groups excluding carboxylic acids is 1. The third-order valence-electron chi connectivity index (χ3n) is 3.83. The molecule has 5 nitrogen and oxygen atoms in total. The molecule has 0 aliphatic carbocycles. The Bertz CT molecular complexity index is 604. The minimum absolute atomic E-state index is 0.0600. The van der Waals surface area contributed by atoms with Crippen molar-refractivity contribution in [3.8, 4) is 0 Å². The van der Waals surface area contributed by atoms with Gasteiger partial charge in [0.2, 0.25) is 5.91 Å². The molecule has 1 aromatic heterocycles. The van der Waals surface area contributed by atoms with E-state index in [0.717, 1.165) is 16.7 Å². The van der Waals surface area contributed by atoms with Crippen LogP contribution in [0.3, 0.4) is 0 Å². The fourth-order valence-corrected chi connectivity index (χ4v) is 2.62. The quantitative estimate of drug-likeness (QED) is 0.906.